The molecule has 0 bridgehead atoms. The Kier molecular flexibility index (Phi) is 5.14. The van der Waals surface area contributed by atoms with Crippen molar-refractivity contribution in [2.75, 3.05) is 19.6 Å². The Hall–Kier alpha value is -2.67. The van der Waals surface area contributed by atoms with Crippen LogP contribution in [0.25, 0.3) is 11.5 Å². The summed E-state index contributed by atoms with van der Waals surface area (Å²) in [6.45, 7) is 3.60. The molecule has 0 spiro atoms. The van der Waals surface area contributed by atoms with Crippen molar-refractivity contribution in [1.82, 2.24) is 15.2 Å². The summed E-state index contributed by atoms with van der Waals surface area (Å²) in [6, 6.07) is 7.30. The van der Waals surface area contributed by atoms with Crippen molar-refractivity contribution in [3.05, 3.63) is 41.8 Å². The van der Waals surface area contributed by atoms with Crippen molar-refractivity contribution >= 4 is 11.8 Å². The molecule has 3 heterocycles. The summed E-state index contributed by atoms with van der Waals surface area (Å²) in [6.07, 6.45) is 3.20. The lowest BCUT2D eigenvalue weighted by Crippen LogP contribution is -2.46. The smallest absolute Gasteiger partial charge is 0.253 e. The maximum absolute atomic E-state index is 12.5. The van der Waals surface area contributed by atoms with Crippen LogP contribution >= 0.6 is 0 Å². The Bertz CT molecular complexity index is 750. The Morgan fingerprint density at radius 2 is 2.08 bits per heavy atom. The van der Waals surface area contributed by atoms with E-state index in [1.54, 1.807) is 24.5 Å². The zero-order valence-corrected chi connectivity index (χ0v) is 14.2. The first-order chi connectivity index (χ1) is 12.0. The van der Waals surface area contributed by atoms with E-state index in [9.17, 15) is 9.59 Å². The number of nitrogens with zero attached hydrogens (tertiary/aromatic N) is 2. The van der Waals surface area contributed by atoms with Gasteiger partial charge in [-0.1, -0.05) is 0 Å². The van der Waals surface area contributed by atoms with Gasteiger partial charge in [-0.3, -0.25) is 14.5 Å². The van der Waals surface area contributed by atoms with Crippen molar-refractivity contribution in [2.45, 2.75) is 25.8 Å². The third-order valence-corrected chi connectivity index (χ3v) is 4.41. The topological polar surface area (TPSA) is 101 Å². The average Bonchev–Trinajstić information content (AvgIpc) is 3.10. The van der Waals surface area contributed by atoms with E-state index in [0.29, 0.717) is 22.7 Å². The second-order valence-electron chi connectivity index (χ2n) is 6.30. The number of likely N-dealkylation sites (tertiary alicyclic amines) is 1. The van der Waals surface area contributed by atoms with Crippen LogP contribution in [-0.2, 0) is 4.79 Å². The van der Waals surface area contributed by atoms with Crippen LogP contribution in [0.2, 0.25) is 0 Å². The number of piperidine rings is 1. The van der Waals surface area contributed by atoms with Gasteiger partial charge in [-0.15, -0.1) is 0 Å². The van der Waals surface area contributed by atoms with Gasteiger partial charge in [-0.2, -0.15) is 0 Å². The number of aromatic nitrogens is 1. The van der Waals surface area contributed by atoms with Crippen LogP contribution in [0.15, 0.2) is 34.9 Å². The quantitative estimate of drug-likeness (QED) is 0.853. The molecule has 25 heavy (non-hydrogen) atoms. The maximum atomic E-state index is 12.5. The van der Waals surface area contributed by atoms with Crippen molar-refractivity contribution in [3.8, 4) is 11.5 Å². The highest BCUT2D eigenvalue weighted by Gasteiger charge is 2.22. The van der Waals surface area contributed by atoms with Gasteiger partial charge >= 0.3 is 0 Å². The van der Waals surface area contributed by atoms with E-state index in [-0.39, 0.29) is 24.4 Å². The molecule has 1 fully saturated rings. The standard InChI is InChI=1S/C18H22N4O3/c1-12-14(4-5-15(20-12)16-3-2-10-25-16)18(24)21-13-6-8-22(9-7-13)11-17(19)23/h2-5,10,13H,6-9,11H2,1H3,(H2,19,23)(H,21,24). The summed E-state index contributed by atoms with van der Waals surface area (Å²) in [5.41, 5.74) is 7.15. The second kappa shape index (κ2) is 7.48. The Labute approximate surface area is 146 Å². The first-order valence-corrected chi connectivity index (χ1v) is 8.36. The molecule has 0 aliphatic carbocycles. The van der Waals surface area contributed by atoms with Crippen LogP contribution in [0.1, 0.15) is 28.9 Å². The highest BCUT2D eigenvalue weighted by atomic mass is 16.3. The lowest BCUT2D eigenvalue weighted by Gasteiger charge is -2.31. The molecule has 1 saturated heterocycles. The molecule has 7 nitrogen and oxygen atoms in total. The number of hydrogen-bond acceptors (Lipinski definition) is 5. The van der Waals surface area contributed by atoms with Crippen molar-refractivity contribution in [3.63, 3.8) is 0 Å². The van der Waals surface area contributed by atoms with Crippen LogP contribution < -0.4 is 11.1 Å². The molecular formula is C18H22N4O3. The van der Waals surface area contributed by atoms with E-state index in [4.69, 9.17) is 10.2 Å². The molecule has 1 aliphatic rings. The molecule has 2 aromatic heterocycles. The fourth-order valence-electron chi connectivity index (χ4n) is 3.08. The maximum Gasteiger partial charge on any atom is 0.253 e. The van der Waals surface area contributed by atoms with Crippen LogP contribution in [0, 0.1) is 6.92 Å². The molecule has 2 aromatic rings. The molecule has 0 atom stereocenters. The Morgan fingerprint density at radius 1 is 1.32 bits per heavy atom. The SMILES string of the molecule is Cc1nc(-c2ccco2)ccc1C(=O)NC1CCN(CC(N)=O)CC1. The van der Waals surface area contributed by atoms with Gasteiger partial charge in [0.1, 0.15) is 5.69 Å². The van der Waals surface area contributed by atoms with Gasteiger partial charge in [0.25, 0.3) is 5.91 Å². The molecule has 0 aromatic carbocycles. The molecule has 0 radical (unpaired) electrons. The predicted molar refractivity (Wildman–Crippen MR) is 92.8 cm³/mol. The first-order valence-electron chi connectivity index (χ1n) is 8.36. The number of furan rings is 1. The largest absolute Gasteiger partial charge is 0.463 e. The van der Waals surface area contributed by atoms with E-state index in [2.05, 4.69) is 10.3 Å². The zero-order chi connectivity index (χ0) is 17.8. The summed E-state index contributed by atoms with van der Waals surface area (Å²) in [7, 11) is 0. The fourth-order valence-corrected chi connectivity index (χ4v) is 3.08. The summed E-state index contributed by atoms with van der Waals surface area (Å²) < 4.78 is 5.33. The second-order valence-corrected chi connectivity index (χ2v) is 6.30. The van der Waals surface area contributed by atoms with E-state index in [1.807, 2.05) is 17.9 Å². The van der Waals surface area contributed by atoms with Crippen molar-refractivity contribution < 1.29 is 14.0 Å². The number of carbonyl (C=O) groups is 2. The summed E-state index contributed by atoms with van der Waals surface area (Å²) in [5, 5.41) is 3.06. The molecule has 7 heteroatoms. The molecule has 132 valence electrons. The number of aryl methyl sites for hydroxylation is 1. The minimum Gasteiger partial charge on any atom is -0.463 e. The lowest BCUT2D eigenvalue weighted by atomic mass is 10.0. The van der Waals surface area contributed by atoms with Gasteiger partial charge in [0.05, 0.1) is 24.1 Å². The monoisotopic (exact) mass is 342 g/mol. The number of nitrogens with two attached hydrogens (primary N) is 1. The molecular weight excluding hydrogens is 320 g/mol. The molecule has 0 saturated carbocycles. The number of rotatable bonds is 5. The van der Waals surface area contributed by atoms with Crippen molar-refractivity contribution in [1.29, 1.82) is 0 Å². The zero-order valence-electron chi connectivity index (χ0n) is 14.2. The van der Waals surface area contributed by atoms with Crippen LogP contribution in [0.5, 0.6) is 0 Å². The molecule has 2 amide bonds. The van der Waals surface area contributed by atoms with Crippen molar-refractivity contribution in [2.24, 2.45) is 5.73 Å². The molecule has 3 N–H and O–H groups in total. The van der Waals surface area contributed by atoms with Crippen LogP contribution in [0.3, 0.4) is 0 Å². The highest BCUT2D eigenvalue weighted by molar-refractivity contribution is 5.95. The van der Waals surface area contributed by atoms with E-state index in [1.165, 1.54) is 0 Å². The van der Waals surface area contributed by atoms with Gasteiger partial charge in [-0.25, -0.2) is 4.98 Å². The molecule has 0 unspecified atom stereocenters. The van der Waals surface area contributed by atoms with Gasteiger partial charge < -0.3 is 15.5 Å². The predicted octanol–water partition coefficient (Wildman–Crippen LogP) is 1.33. The van der Waals surface area contributed by atoms with Gasteiger partial charge in [0.15, 0.2) is 5.76 Å². The summed E-state index contributed by atoms with van der Waals surface area (Å²) in [5.74, 6) is 0.238. The molecule has 3 rings (SSSR count). The van der Waals surface area contributed by atoms with E-state index >= 15 is 0 Å². The first kappa shape index (κ1) is 17.2. The highest BCUT2D eigenvalue weighted by Crippen LogP contribution is 2.19. The minimum absolute atomic E-state index is 0.0979. The van der Waals surface area contributed by atoms with E-state index in [0.717, 1.165) is 25.9 Å². The minimum atomic E-state index is -0.319. The number of primary amides is 1. The Morgan fingerprint density at radius 3 is 2.68 bits per heavy atom. The normalized spacial score (nSPS) is 15.9. The van der Waals surface area contributed by atoms with Crippen LogP contribution in [0.4, 0.5) is 0 Å². The van der Waals surface area contributed by atoms with Gasteiger partial charge in [0, 0.05) is 19.1 Å². The molecule has 1 aliphatic heterocycles. The number of carbonyl (C=O) groups excluding carboxylic acids is 2. The third kappa shape index (κ3) is 4.24. The number of pyridine rings is 1. The van der Waals surface area contributed by atoms with Gasteiger partial charge in [0.2, 0.25) is 5.91 Å². The number of amides is 2. The fraction of sp³-hybridized carbons (Fsp3) is 0.389. The Balaban J connectivity index is 1.59. The van der Waals surface area contributed by atoms with E-state index < -0.39 is 0 Å². The third-order valence-electron chi connectivity index (χ3n) is 4.41. The summed E-state index contributed by atoms with van der Waals surface area (Å²) in [4.78, 5) is 30.0. The number of nitrogens with one attached hydrogen (secondary N) is 1. The van der Waals surface area contributed by atoms with Crippen LogP contribution in [-0.4, -0.2) is 47.4 Å². The summed E-state index contributed by atoms with van der Waals surface area (Å²) >= 11 is 0. The lowest BCUT2D eigenvalue weighted by molar-refractivity contribution is -0.119. The average molecular weight is 342 g/mol. The number of hydrogen-bond donors (Lipinski definition) is 2. The van der Waals surface area contributed by atoms with Gasteiger partial charge in [-0.05, 0) is 44.0 Å².